The van der Waals surface area contributed by atoms with Crippen LogP contribution in [0.4, 0.5) is 0 Å². The summed E-state index contributed by atoms with van der Waals surface area (Å²) < 4.78 is 1.93. The molecular weight excluding hydrogens is 264 g/mol. The van der Waals surface area contributed by atoms with Crippen LogP contribution in [-0.4, -0.2) is 26.5 Å². The summed E-state index contributed by atoms with van der Waals surface area (Å²) in [6.07, 6.45) is 5.86. The lowest BCUT2D eigenvalue weighted by Crippen LogP contribution is -2.36. The fraction of sp³-hybridized carbons (Fsp3) is 0.562. The Labute approximate surface area is 124 Å². The monoisotopic (exact) mass is 286 g/mol. The number of aryl methyl sites for hydroxylation is 3. The first kappa shape index (κ1) is 14.0. The molecule has 3 rings (SSSR count). The van der Waals surface area contributed by atoms with E-state index in [4.69, 9.17) is 0 Å². The summed E-state index contributed by atoms with van der Waals surface area (Å²) in [5.41, 5.74) is 2.97. The second kappa shape index (κ2) is 5.47. The average Bonchev–Trinajstić information content (AvgIpc) is 2.75. The van der Waals surface area contributed by atoms with Gasteiger partial charge in [0.1, 0.15) is 11.3 Å². The molecule has 0 bridgehead atoms. The maximum Gasteiger partial charge on any atom is 0.253 e. The van der Waals surface area contributed by atoms with Gasteiger partial charge < -0.3 is 9.88 Å². The van der Waals surface area contributed by atoms with Gasteiger partial charge in [-0.25, -0.2) is 9.97 Å². The number of fused-ring (bicyclic) bond motifs is 1. The molecule has 2 aromatic heterocycles. The molecule has 1 aliphatic rings. The lowest BCUT2D eigenvalue weighted by molar-refractivity contribution is 0.0929. The van der Waals surface area contributed by atoms with Crippen molar-refractivity contribution in [1.29, 1.82) is 0 Å². The molecular formula is C16H22N4O. The van der Waals surface area contributed by atoms with E-state index < -0.39 is 0 Å². The topological polar surface area (TPSA) is 59.8 Å². The molecule has 2 aromatic rings. The van der Waals surface area contributed by atoms with Gasteiger partial charge in [-0.3, -0.25) is 4.79 Å². The number of carbonyl (C=O) groups excluding carboxylic acids is 1. The van der Waals surface area contributed by atoms with Gasteiger partial charge in [0.15, 0.2) is 5.65 Å². The summed E-state index contributed by atoms with van der Waals surface area (Å²) in [5.74, 6) is 0.852. The third kappa shape index (κ3) is 2.64. The number of nitrogens with zero attached hydrogens (tertiary/aromatic N) is 3. The van der Waals surface area contributed by atoms with Crippen molar-refractivity contribution in [2.45, 2.75) is 52.0 Å². The number of imidazole rings is 1. The maximum absolute atomic E-state index is 12.6. The zero-order valence-corrected chi connectivity index (χ0v) is 12.9. The number of rotatable bonds is 2. The molecule has 0 radical (unpaired) electrons. The van der Waals surface area contributed by atoms with E-state index in [9.17, 15) is 4.79 Å². The van der Waals surface area contributed by atoms with Crippen LogP contribution in [0.2, 0.25) is 0 Å². The van der Waals surface area contributed by atoms with Gasteiger partial charge in [-0.15, -0.1) is 0 Å². The van der Waals surface area contributed by atoms with Gasteiger partial charge >= 0.3 is 0 Å². The number of hydrogen-bond donors (Lipinski definition) is 1. The number of amides is 1. The second-order valence-corrected chi connectivity index (χ2v) is 6.01. The van der Waals surface area contributed by atoms with Crippen LogP contribution in [-0.2, 0) is 7.05 Å². The van der Waals surface area contributed by atoms with Gasteiger partial charge in [-0.1, -0.05) is 19.3 Å². The van der Waals surface area contributed by atoms with Crippen LogP contribution in [0, 0.1) is 13.8 Å². The molecule has 0 spiro atoms. The number of nitrogens with one attached hydrogen (secondary N) is 1. The Bertz CT molecular complexity index is 683. The fourth-order valence-corrected chi connectivity index (χ4v) is 3.07. The van der Waals surface area contributed by atoms with Gasteiger partial charge in [-0.2, -0.15) is 0 Å². The molecule has 0 aliphatic heterocycles. The van der Waals surface area contributed by atoms with Crippen molar-refractivity contribution in [3.05, 3.63) is 23.1 Å². The Morgan fingerprint density at radius 3 is 2.67 bits per heavy atom. The predicted molar refractivity (Wildman–Crippen MR) is 82.3 cm³/mol. The molecule has 112 valence electrons. The first-order valence-electron chi connectivity index (χ1n) is 7.68. The minimum Gasteiger partial charge on any atom is -0.349 e. The van der Waals surface area contributed by atoms with Crippen molar-refractivity contribution < 1.29 is 4.79 Å². The third-order valence-electron chi connectivity index (χ3n) is 4.36. The van der Waals surface area contributed by atoms with Crippen LogP contribution < -0.4 is 5.32 Å². The van der Waals surface area contributed by atoms with Gasteiger partial charge in [0.25, 0.3) is 5.91 Å². The molecule has 1 saturated carbocycles. The summed E-state index contributed by atoms with van der Waals surface area (Å²) in [7, 11) is 1.93. The lowest BCUT2D eigenvalue weighted by atomic mass is 9.95. The number of aromatic nitrogens is 3. The van der Waals surface area contributed by atoms with E-state index in [0.29, 0.717) is 17.1 Å². The Morgan fingerprint density at radius 2 is 1.95 bits per heavy atom. The van der Waals surface area contributed by atoms with Crippen LogP contribution in [0.5, 0.6) is 0 Å². The molecule has 1 amide bonds. The maximum atomic E-state index is 12.6. The Balaban J connectivity index is 1.95. The average molecular weight is 286 g/mol. The second-order valence-electron chi connectivity index (χ2n) is 6.01. The lowest BCUT2D eigenvalue weighted by Gasteiger charge is -2.22. The van der Waals surface area contributed by atoms with Crippen molar-refractivity contribution in [3.8, 4) is 0 Å². The summed E-state index contributed by atoms with van der Waals surface area (Å²) in [5, 5.41) is 3.17. The highest BCUT2D eigenvalue weighted by Gasteiger charge is 2.20. The normalized spacial score (nSPS) is 16.3. The van der Waals surface area contributed by atoms with E-state index in [1.54, 1.807) is 0 Å². The van der Waals surface area contributed by atoms with E-state index >= 15 is 0 Å². The van der Waals surface area contributed by atoms with Crippen molar-refractivity contribution in [1.82, 2.24) is 19.9 Å². The highest BCUT2D eigenvalue weighted by molar-refractivity contribution is 6.04. The molecule has 0 atom stereocenters. The van der Waals surface area contributed by atoms with Crippen molar-refractivity contribution >= 4 is 17.1 Å². The zero-order valence-electron chi connectivity index (χ0n) is 12.9. The molecule has 0 aromatic carbocycles. The standard InChI is InChI=1S/C16H22N4O/c1-10-9-13(14-15(17-10)20(3)11(2)18-14)16(21)19-12-7-5-4-6-8-12/h9,12H,4-8H2,1-3H3,(H,19,21). The molecule has 1 fully saturated rings. The quantitative estimate of drug-likeness (QED) is 0.923. The van der Waals surface area contributed by atoms with Gasteiger partial charge in [-0.05, 0) is 32.8 Å². The SMILES string of the molecule is Cc1cc(C(=O)NC2CCCCC2)c2nc(C)n(C)c2n1. The summed E-state index contributed by atoms with van der Waals surface area (Å²) in [4.78, 5) is 21.6. The first-order valence-corrected chi connectivity index (χ1v) is 7.68. The first-order chi connectivity index (χ1) is 10.1. The number of carbonyl (C=O) groups is 1. The van der Waals surface area contributed by atoms with Gasteiger partial charge in [0.2, 0.25) is 0 Å². The van der Waals surface area contributed by atoms with E-state index in [-0.39, 0.29) is 5.91 Å². The Hall–Kier alpha value is -1.91. The number of hydrogen-bond acceptors (Lipinski definition) is 3. The van der Waals surface area contributed by atoms with Gasteiger partial charge in [0.05, 0.1) is 5.56 Å². The van der Waals surface area contributed by atoms with E-state index in [2.05, 4.69) is 15.3 Å². The van der Waals surface area contributed by atoms with Gasteiger partial charge in [0, 0.05) is 18.8 Å². The van der Waals surface area contributed by atoms with E-state index in [1.807, 2.05) is 31.5 Å². The summed E-state index contributed by atoms with van der Waals surface area (Å²) in [6.45, 7) is 3.85. The van der Waals surface area contributed by atoms with Crippen molar-refractivity contribution in [2.24, 2.45) is 7.05 Å². The molecule has 0 unspecified atom stereocenters. The smallest absolute Gasteiger partial charge is 0.253 e. The molecule has 1 N–H and O–H groups in total. The molecule has 5 heteroatoms. The van der Waals surface area contributed by atoms with E-state index in [0.717, 1.165) is 30.0 Å². The molecule has 5 nitrogen and oxygen atoms in total. The molecule has 2 heterocycles. The molecule has 1 aliphatic carbocycles. The minimum absolute atomic E-state index is 0.0181. The number of pyridine rings is 1. The van der Waals surface area contributed by atoms with Crippen LogP contribution in [0.15, 0.2) is 6.07 Å². The molecule has 21 heavy (non-hydrogen) atoms. The highest BCUT2D eigenvalue weighted by Crippen LogP contribution is 2.21. The minimum atomic E-state index is -0.0181. The van der Waals surface area contributed by atoms with Crippen LogP contribution in [0.25, 0.3) is 11.2 Å². The largest absolute Gasteiger partial charge is 0.349 e. The van der Waals surface area contributed by atoms with Crippen LogP contribution >= 0.6 is 0 Å². The van der Waals surface area contributed by atoms with Crippen molar-refractivity contribution in [3.63, 3.8) is 0 Å². The predicted octanol–water partition coefficient (Wildman–Crippen LogP) is 2.65. The Morgan fingerprint density at radius 1 is 1.24 bits per heavy atom. The zero-order chi connectivity index (χ0) is 15.0. The van der Waals surface area contributed by atoms with Crippen LogP contribution in [0.1, 0.15) is 54.0 Å². The highest BCUT2D eigenvalue weighted by atomic mass is 16.1. The third-order valence-corrected chi connectivity index (χ3v) is 4.36. The summed E-state index contributed by atoms with van der Waals surface area (Å²) in [6, 6.07) is 2.15. The Kier molecular flexibility index (Phi) is 3.66. The van der Waals surface area contributed by atoms with E-state index in [1.165, 1.54) is 19.3 Å². The molecule has 0 saturated heterocycles. The van der Waals surface area contributed by atoms with Crippen molar-refractivity contribution in [2.75, 3.05) is 0 Å². The van der Waals surface area contributed by atoms with Crippen LogP contribution in [0.3, 0.4) is 0 Å². The fourth-order valence-electron chi connectivity index (χ4n) is 3.07. The summed E-state index contributed by atoms with van der Waals surface area (Å²) >= 11 is 0.